The number of hydrogen-bond acceptors (Lipinski definition) is 2. The molecule has 1 aromatic carbocycles. The molecular formula is C10H8F3N3O. The van der Waals surface area contributed by atoms with Crippen LogP contribution in [0.15, 0.2) is 12.1 Å². The number of aryl methyl sites for hydroxylation is 1. The Bertz CT molecular complexity index is 601. The molecule has 2 rings (SSSR count). The van der Waals surface area contributed by atoms with Crippen LogP contribution in [0.25, 0.3) is 11.0 Å². The predicted molar refractivity (Wildman–Crippen MR) is 54.4 cm³/mol. The highest BCUT2D eigenvalue weighted by Crippen LogP contribution is 2.29. The molecule has 0 saturated carbocycles. The predicted octanol–water partition coefficient (Wildman–Crippen LogP) is 1.99. The molecule has 4 nitrogen and oxygen atoms in total. The Labute approximate surface area is 93.6 Å². The van der Waals surface area contributed by atoms with Crippen LogP contribution in [0, 0.1) is 6.92 Å². The normalized spacial score (nSPS) is 12.0. The lowest BCUT2D eigenvalue weighted by atomic mass is 10.1. The number of hydrogen-bond donors (Lipinski definition) is 2. The third-order valence-electron chi connectivity index (χ3n) is 2.26. The molecule has 0 atom stereocenters. The van der Waals surface area contributed by atoms with E-state index < -0.39 is 17.9 Å². The van der Waals surface area contributed by atoms with Crippen LogP contribution in [0.5, 0.6) is 0 Å². The minimum absolute atomic E-state index is 0.0215. The molecule has 1 aromatic heterocycles. The molecule has 0 radical (unpaired) electrons. The van der Waals surface area contributed by atoms with Crippen molar-refractivity contribution in [3.8, 4) is 0 Å². The third-order valence-corrected chi connectivity index (χ3v) is 2.26. The lowest BCUT2D eigenvalue weighted by Gasteiger charge is -1.99. The van der Waals surface area contributed by atoms with Crippen LogP contribution in [0.4, 0.5) is 13.2 Å². The van der Waals surface area contributed by atoms with Gasteiger partial charge in [0, 0.05) is 0 Å². The summed E-state index contributed by atoms with van der Waals surface area (Å²) in [4.78, 5) is 16.6. The first-order valence-electron chi connectivity index (χ1n) is 4.66. The second kappa shape index (κ2) is 3.47. The zero-order chi connectivity index (χ0) is 12.8. The summed E-state index contributed by atoms with van der Waals surface area (Å²) in [7, 11) is 0. The molecule has 0 saturated heterocycles. The standard InChI is InChI=1S/C10H8F3N3O/c1-4-2-5(8(14)17)7-6(3-4)15-9(16-7)10(11,12)13/h2-3H,1H3,(H2,14,17)(H,15,16). The molecule has 90 valence electrons. The second-order valence-electron chi connectivity index (χ2n) is 3.66. The van der Waals surface area contributed by atoms with Crippen molar-refractivity contribution in [2.45, 2.75) is 13.1 Å². The van der Waals surface area contributed by atoms with Gasteiger partial charge in [-0.25, -0.2) is 4.98 Å². The van der Waals surface area contributed by atoms with Gasteiger partial charge in [0.25, 0.3) is 5.91 Å². The van der Waals surface area contributed by atoms with Gasteiger partial charge in [0.2, 0.25) is 5.82 Å². The molecule has 2 aromatic rings. The zero-order valence-electron chi connectivity index (χ0n) is 8.72. The number of halogens is 3. The molecule has 7 heteroatoms. The molecule has 17 heavy (non-hydrogen) atoms. The molecular weight excluding hydrogens is 235 g/mol. The summed E-state index contributed by atoms with van der Waals surface area (Å²) in [6, 6.07) is 2.88. The number of benzene rings is 1. The number of nitrogens with two attached hydrogens (primary N) is 1. The minimum atomic E-state index is -4.58. The first-order chi connectivity index (χ1) is 7.79. The molecule has 0 aliphatic heterocycles. The Morgan fingerprint density at radius 3 is 2.59 bits per heavy atom. The Morgan fingerprint density at radius 2 is 2.06 bits per heavy atom. The number of nitrogens with one attached hydrogen (secondary N) is 1. The van der Waals surface area contributed by atoms with Crippen molar-refractivity contribution in [2.75, 3.05) is 0 Å². The van der Waals surface area contributed by atoms with Crippen LogP contribution in [-0.4, -0.2) is 15.9 Å². The van der Waals surface area contributed by atoms with E-state index in [4.69, 9.17) is 5.73 Å². The molecule has 0 unspecified atom stereocenters. The largest absolute Gasteiger partial charge is 0.449 e. The first-order valence-corrected chi connectivity index (χ1v) is 4.66. The van der Waals surface area contributed by atoms with E-state index in [9.17, 15) is 18.0 Å². The smallest absolute Gasteiger partial charge is 0.366 e. The van der Waals surface area contributed by atoms with Crippen molar-refractivity contribution in [3.05, 3.63) is 29.1 Å². The van der Waals surface area contributed by atoms with Crippen LogP contribution < -0.4 is 5.73 Å². The molecule has 0 aliphatic carbocycles. The molecule has 0 fully saturated rings. The lowest BCUT2D eigenvalue weighted by Crippen LogP contribution is -2.12. The van der Waals surface area contributed by atoms with E-state index >= 15 is 0 Å². The third kappa shape index (κ3) is 1.95. The van der Waals surface area contributed by atoms with E-state index in [1.807, 2.05) is 0 Å². The van der Waals surface area contributed by atoms with Gasteiger partial charge in [-0.1, -0.05) is 0 Å². The summed E-state index contributed by atoms with van der Waals surface area (Å²) in [5, 5.41) is 0. The van der Waals surface area contributed by atoms with Gasteiger partial charge in [-0.3, -0.25) is 4.79 Å². The number of H-pyrrole nitrogens is 1. The van der Waals surface area contributed by atoms with Gasteiger partial charge in [0.15, 0.2) is 0 Å². The van der Waals surface area contributed by atoms with Crippen LogP contribution in [0.2, 0.25) is 0 Å². The van der Waals surface area contributed by atoms with E-state index in [1.165, 1.54) is 12.1 Å². The van der Waals surface area contributed by atoms with Gasteiger partial charge < -0.3 is 10.7 Å². The fourth-order valence-electron chi connectivity index (χ4n) is 1.58. The number of aromatic amines is 1. The minimum Gasteiger partial charge on any atom is -0.366 e. The Morgan fingerprint density at radius 1 is 1.41 bits per heavy atom. The van der Waals surface area contributed by atoms with Crippen molar-refractivity contribution < 1.29 is 18.0 Å². The highest BCUT2D eigenvalue weighted by molar-refractivity contribution is 6.04. The maximum absolute atomic E-state index is 12.4. The van der Waals surface area contributed by atoms with Gasteiger partial charge in [0.1, 0.15) is 5.52 Å². The van der Waals surface area contributed by atoms with Crippen LogP contribution in [0.1, 0.15) is 21.7 Å². The SMILES string of the molecule is Cc1cc(C(N)=O)c2nc(C(F)(F)F)[nH]c2c1. The van der Waals surface area contributed by atoms with Gasteiger partial charge >= 0.3 is 6.18 Å². The molecule has 0 bridgehead atoms. The topological polar surface area (TPSA) is 71.8 Å². The fourth-order valence-corrected chi connectivity index (χ4v) is 1.58. The number of imidazole rings is 1. The van der Waals surface area contributed by atoms with Crippen molar-refractivity contribution in [3.63, 3.8) is 0 Å². The quantitative estimate of drug-likeness (QED) is 0.803. The number of nitrogens with zero attached hydrogens (tertiary/aromatic N) is 1. The first kappa shape index (κ1) is 11.4. The molecule has 0 aliphatic rings. The van der Waals surface area contributed by atoms with E-state index in [0.717, 1.165) is 0 Å². The summed E-state index contributed by atoms with van der Waals surface area (Å²) in [6.07, 6.45) is -4.58. The zero-order valence-corrected chi connectivity index (χ0v) is 8.72. The van der Waals surface area contributed by atoms with Gasteiger partial charge in [-0.05, 0) is 24.6 Å². The number of carbonyl (C=O) groups is 1. The number of aromatic nitrogens is 2. The second-order valence-corrected chi connectivity index (χ2v) is 3.66. The van der Waals surface area contributed by atoms with Crippen molar-refractivity contribution in [1.29, 1.82) is 0 Å². The maximum Gasteiger partial charge on any atom is 0.449 e. The van der Waals surface area contributed by atoms with E-state index in [2.05, 4.69) is 9.97 Å². The molecule has 0 spiro atoms. The number of amides is 1. The highest BCUT2D eigenvalue weighted by Gasteiger charge is 2.35. The van der Waals surface area contributed by atoms with Gasteiger partial charge in [-0.2, -0.15) is 13.2 Å². The number of primary amides is 1. The summed E-state index contributed by atoms with van der Waals surface area (Å²) in [6.45, 7) is 1.65. The summed E-state index contributed by atoms with van der Waals surface area (Å²) in [5.41, 5.74) is 5.78. The molecule has 1 amide bonds. The lowest BCUT2D eigenvalue weighted by molar-refractivity contribution is -0.144. The number of alkyl halides is 3. The van der Waals surface area contributed by atoms with Crippen molar-refractivity contribution in [1.82, 2.24) is 9.97 Å². The monoisotopic (exact) mass is 243 g/mol. The Hall–Kier alpha value is -2.05. The Kier molecular flexibility index (Phi) is 2.34. The average Bonchev–Trinajstić information content (AvgIpc) is 2.58. The van der Waals surface area contributed by atoms with E-state index in [-0.39, 0.29) is 16.6 Å². The van der Waals surface area contributed by atoms with E-state index in [1.54, 1.807) is 6.92 Å². The Balaban J connectivity index is 2.76. The average molecular weight is 243 g/mol. The van der Waals surface area contributed by atoms with E-state index in [0.29, 0.717) is 5.56 Å². The van der Waals surface area contributed by atoms with Crippen LogP contribution in [0.3, 0.4) is 0 Å². The van der Waals surface area contributed by atoms with Gasteiger partial charge in [0.05, 0.1) is 11.1 Å². The molecule has 1 heterocycles. The highest BCUT2D eigenvalue weighted by atomic mass is 19.4. The maximum atomic E-state index is 12.4. The number of fused-ring (bicyclic) bond motifs is 1. The van der Waals surface area contributed by atoms with Crippen molar-refractivity contribution in [2.24, 2.45) is 5.73 Å². The summed E-state index contributed by atoms with van der Waals surface area (Å²) >= 11 is 0. The summed E-state index contributed by atoms with van der Waals surface area (Å²) < 4.78 is 37.3. The molecule has 3 N–H and O–H groups in total. The fraction of sp³-hybridized carbons (Fsp3) is 0.200. The summed E-state index contributed by atoms with van der Waals surface area (Å²) in [5.74, 6) is -1.94. The van der Waals surface area contributed by atoms with Crippen LogP contribution in [-0.2, 0) is 6.18 Å². The van der Waals surface area contributed by atoms with Gasteiger partial charge in [-0.15, -0.1) is 0 Å². The number of rotatable bonds is 1. The number of carbonyl (C=O) groups excluding carboxylic acids is 1. The van der Waals surface area contributed by atoms with Crippen LogP contribution >= 0.6 is 0 Å². The van der Waals surface area contributed by atoms with Crippen molar-refractivity contribution >= 4 is 16.9 Å².